The minimum atomic E-state index is -0.142. The molecule has 0 spiro atoms. The number of amides is 1. The Kier molecular flexibility index (Phi) is 6.75. The maximum atomic E-state index is 11.9. The number of hydrogen-bond donors (Lipinski definition) is 3. The summed E-state index contributed by atoms with van der Waals surface area (Å²) >= 11 is 0. The third-order valence-electron chi connectivity index (χ3n) is 2.53. The predicted molar refractivity (Wildman–Crippen MR) is 70.1 cm³/mol. The summed E-state index contributed by atoms with van der Waals surface area (Å²) in [7, 11) is 1.69. The third kappa shape index (κ3) is 4.68. The maximum Gasteiger partial charge on any atom is 0.253 e. The first-order valence-corrected chi connectivity index (χ1v) is 5.97. The minimum absolute atomic E-state index is 0.142. The van der Waals surface area contributed by atoms with Gasteiger partial charge in [0.25, 0.3) is 5.91 Å². The molecule has 0 aromatic carbocycles. The van der Waals surface area contributed by atoms with E-state index in [1.165, 1.54) is 6.20 Å². The first-order chi connectivity index (χ1) is 8.79. The van der Waals surface area contributed by atoms with Gasteiger partial charge in [0.2, 0.25) is 0 Å². The van der Waals surface area contributed by atoms with Gasteiger partial charge in [-0.05, 0) is 25.3 Å². The van der Waals surface area contributed by atoms with Gasteiger partial charge in [0, 0.05) is 26.5 Å². The Hall–Kier alpha value is -1.66. The number of aromatic nitrogens is 1. The third-order valence-corrected chi connectivity index (χ3v) is 2.53. The molecule has 0 saturated heterocycles. The van der Waals surface area contributed by atoms with Gasteiger partial charge in [-0.15, -0.1) is 0 Å². The Morgan fingerprint density at radius 3 is 3.00 bits per heavy atom. The predicted octanol–water partition coefficient (Wildman–Crippen LogP) is 0.914. The number of rotatable bonds is 8. The van der Waals surface area contributed by atoms with Crippen LogP contribution in [0.25, 0.3) is 0 Å². The highest BCUT2D eigenvalue weighted by Gasteiger charge is 2.09. The number of unbranched alkanes of at least 4 members (excludes halogenated alkanes) is 2. The van der Waals surface area contributed by atoms with Gasteiger partial charge < -0.3 is 15.5 Å². The lowest BCUT2D eigenvalue weighted by Gasteiger charge is -2.08. The second kappa shape index (κ2) is 8.43. The van der Waals surface area contributed by atoms with Gasteiger partial charge in [0.05, 0.1) is 17.4 Å². The zero-order chi connectivity index (χ0) is 13.2. The number of methoxy groups -OCH3 is 1. The SMILES string of the molecule is COCCCCCNC(=O)c1ccncc1NN. The molecule has 0 aliphatic carbocycles. The molecule has 0 aliphatic heterocycles. The largest absolute Gasteiger partial charge is 0.385 e. The molecule has 1 rings (SSSR count). The van der Waals surface area contributed by atoms with Gasteiger partial charge in [-0.2, -0.15) is 0 Å². The molecule has 6 heteroatoms. The molecule has 4 N–H and O–H groups in total. The number of ether oxygens (including phenoxy) is 1. The Morgan fingerprint density at radius 1 is 1.44 bits per heavy atom. The van der Waals surface area contributed by atoms with Crippen LogP contribution in [0, 0.1) is 0 Å². The Morgan fingerprint density at radius 2 is 2.28 bits per heavy atom. The highest BCUT2D eigenvalue weighted by molar-refractivity contribution is 5.99. The van der Waals surface area contributed by atoms with Gasteiger partial charge in [-0.3, -0.25) is 15.6 Å². The fourth-order valence-electron chi connectivity index (χ4n) is 1.55. The molecule has 1 amide bonds. The summed E-state index contributed by atoms with van der Waals surface area (Å²) in [4.78, 5) is 15.7. The summed E-state index contributed by atoms with van der Waals surface area (Å²) in [5.41, 5.74) is 3.48. The molecule has 0 unspecified atom stereocenters. The van der Waals surface area contributed by atoms with Crippen molar-refractivity contribution in [1.82, 2.24) is 10.3 Å². The Balaban J connectivity index is 2.32. The number of nitrogens with two attached hydrogens (primary N) is 1. The zero-order valence-corrected chi connectivity index (χ0v) is 10.6. The van der Waals surface area contributed by atoms with Gasteiger partial charge in [-0.25, -0.2) is 0 Å². The number of pyridine rings is 1. The topological polar surface area (TPSA) is 89.3 Å². The number of carbonyl (C=O) groups excluding carboxylic acids is 1. The lowest BCUT2D eigenvalue weighted by molar-refractivity contribution is 0.0953. The lowest BCUT2D eigenvalue weighted by atomic mass is 10.2. The van der Waals surface area contributed by atoms with E-state index >= 15 is 0 Å². The van der Waals surface area contributed by atoms with Gasteiger partial charge >= 0.3 is 0 Å². The molecule has 1 aromatic heterocycles. The summed E-state index contributed by atoms with van der Waals surface area (Å²) in [5, 5.41) is 2.85. The van der Waals surface area contributed by atoms with E-state index in [9.17, 15) is 4.79 Å². The minimum Gasteiger partial charge on any atom is -0.385 e. The van der Waals surface area contributed by atoms with Crippen LogP contribution in [0.2, 0.25) is 0 Å². The van der Waals surface area contributed by atoms with E-state index < -0.39 is 0 Å². The zero-order valence-electron chi connectivity index (χ0n) is 10.6. The van der Waals surface area contributed by atoms with Crippen LogP contribution in [-0.2, 0) is 4.74 Å². The highest BCUT2D eigenvalue weighted by atomic mass is 16.5. The lowest BCUT2D eigenvalue weighted by Crippen LogP contribution is -2.26. The smallest absolute Gasteiger partial charge is 0.253 e. The Labute approximate surface area is 107 Å². The quantitative estimate of drug-likeness (QED) is 0.363. The number of nitrogen functional groups attached to an aromatic ring is 1. The molecular formula is C12H20N4O2. The summed E-state index contributed by atoms with van der Waals surface area (Å²) in [5.74, 6) is 5.17. The average Bonchev–Trinajstić information content (AvgIpc) is 2.42. The van der Waals surface area contributed by atoms with Crippen LogP contribution in [0.5, 0.6) is 0 Å². The summed E-state index contributed by atoms with van der Waals surface area (Å²) in [6.45, 7) is 1.41. The van der Waals surface area contributed by atoms with Crippen LogP contribution in [0.1, 0.15) is 29.6 Å². The standard InChI is InChI=1S/C12H20N4O2/c1-18-8-4-2-3-6-15-12(17)10-5-7-14-9-11(10)16-13/h5,7,9,16H,2-4,6,8,13H2,1H3,(H,15,17). The average molecular weight is 252 g/mol. The fourth-order valence-corrected chi connectivity index (χ4v) is 1.55. The summed E-state index contributed by atoms with van der Waals surface area (Å²) < 4.78 is 4.95. The van der Waals surface area contributed by atoms with Crippen molar-refractivity contribution in [3.8, 4) is 0 Å². The summed E-state index contributed by atoms with van der Waals surface area (Å²) in [6.07, 6.45) is 6.07. The molecule has 0 radical (unpaired) electrons. The van der Waals surface area contributed by atoms with E-state index in [0.29, 0.717) is 17.8 Å². The first kappa shape index (κ1) is 14.4. The number of nitrogens with zero attached hydrogens (tertiary/aromatic N) is 1. The fraction of sp³-hybridized carbons (Fsp3) is 0.500. The van der Waals surface area contributed by atoms with Crippen molar-refractivity contribution in [3.05, 3.63) is 24.0 Å². The molecule has 0 saturated carbocycles. The Bertz CT molecular complexity index is 371. The van der Waals surface area contributed by atoms with Crippen LogP contribution in [-0.4, -0.2) is 31.2 Å². The molecular weight excluding hydrogens is 232 g/mol. The van der Waals surface area contributed by atoms with E-state index in [1.54, 1.807) is 19.4 Å². The van der Waals surface area contributed by atoms with E-state index in [2.05, 4.69) is 15.7 Å². The highest BCUT2D eigenvalue weighted by Crippen LogP contribution is 2.11. The molecule has 1 heterocycles. The van der Waals surface area contributed by atoms with Crippen molar-refractivity contribution < 1.29 is 9.53 Å². The van der Waals surface area contributed by atoms with Crippen molar-refractivity contribution in [2.45, 2.75) is 19.3 Å². The number of nitrogens with one attached hydrogen (secondary N) is 2. The second-order valence-electron chi connectivity index (χ2n) is 3.87. The number of hydrazine groups is 1. The van der Waals surface area contributed by atoms with Crippen molar-refractivity contribution in [2.75, 3.05) is 25.7 Å². The van der Waals surface area contributed by atoms with Gasteiger partial charge in [0.1, 0.15) is 0 Å². The van der Waals surface area contributed by atoms with Gasteiger partial charge in [0.15, 0.2) is 0 Å². The van der Waals surface area contributed by atoms with Crippen molar-refractivity contribution >= 4 is 11.6 Å². The van der Waals surface area contributed by atoms with Crippen LogP contribution in [0.4, 0.5) is 5.69 Å². The van der Waals surface area contributed by atoms with Crippen molar-refractivity contribution in [3.63, 3.8) is 0 Å². The molecule has 0 fully saturated rings. The van der Waals surface area contributed by atoms with Crippen molar-refractivity contribution in [1.29, 1.82) is 0 Å². The van der Waals surface area contributed by atoms with Gasteiger partial charge in [-0.1, -0.05) is 0 Å². The summed E-state index contributed by atoms with van der Waals surface area (Å²) in [6, 6.07) is 1.63. The van der Waals surface area contributed by atoms with E-state index in [0.717, 1.165) is 25.9 Å². The monoisotopic (exact) mass is 252 g/mol. The van der Waals surface area contributed by atoms with E-state index in [4.69, 9.17) is 10.6 Å². The molecule has 0 aliphatic rings. The molecule has 0 atom stereocenters. The molecule has 1 aromatic rings. The van der Waals surface area contributed by atoms with Crippen LogP contribution in [0.3, 0.4) is 0 Å². The van der Waals surface area contributed by atoms with E-state index in [1.807, 2.05) is 0 Å². The number of carbonyl (C=O) groups is 1. The molecule has 0 bridgehead atoms. The van der Waals surface area contributed by atoms with Crippen LogP contribution in [0.15, 0.2) is 18.5 Å². The molecule has 18 heavy (non-hydrogen) atoms. The normalized spacial score (nSPS) is 10.1. The molecule has 6 nitrogen and oxygen atoms in total. The van der Waals surface area contributed by atoms with E-state index in [-0.39, 0.29) is 5.91 Å². The molecule has 100 valence electrons. The number of hydrogen-bond acceptors (Lipinski definition) is 5. The van der Waals surface area contributed by atoms with Crippen molar-refractivity contribution in [2.24, 2.45) is 5.84 Å². The van der Waals surface area contributed by atoms with Crippen LogP contribution < -0.4 is 16.6 Å². The van der Waals surface area contributed by atoms with Crippen LogP contribution >= 0.6 is 0 Å². The maximum absolute atomic E-state index is 11.9. The number of anilines is 1. The first-order valence-electron chi connectivity index (χ1n) is 5.97. The second-order valence-corrected chi connectivity index (χ2v) is 3.87.